The minimum absolute atomic E-state index is 0.0100. The molecular weight excluding hydrogens is 433 g/mol. The second-order valence-electron chi connectivity index (χ2n) is 8.90. The van der Waals surface area contributed by atoms with Crippen LogP contribution in [0, 0.1) is 11.7 Å². The molecule has 9 heteroatoms. The van der Waals surface area contributed by atoms with Crippen LogP contribution in [0.4, 0.5) is 10.1 Å². The number of benzene rings is 2. The lowest BCUT2D eigenvalue weighted by Crippen LogP contribution is -2.44. The third-order valence-corrected chi connectivity index (χ3v) is 7.00. The Hall–Kier alpha value is -2.78. The summed E-state index contributed by atoms with van der Waals surface area (Å²) in [6.07, 6.45) is 1.04. The van der Waals surface area contributed by atoms with E-state index in [4.69, 9.17) is 0 Å². The van der Waals surface area contributed by atoms with Gasteiger partial charge in [-0.05, 0) is 70.0 Å². The summed E-state index contributed by atoms with van der Waals surface area (Å²) in [5.41, 5.74) is 0.271. The van der Waals surface area contributed by atoms with Crippen molar-refractivity contribution in [1.29, 1.82) is 0 Å². The number of halogens is 1. The van der Waals surface area contributed by atoms with E-state index in [-0.39, 0.29) is 29.8 Å². The number of para-hydroxylation sites is 1. The standard InChI is InChI=1S/C23H28FN3O4S/c1-23(2,3)26-22(29)19-8-4-5-9-20(19)25-21(28)16-7-6-14-27(15-16)32(30,31)18-12-10-17(24)11-13-18/h4-5,8-13,16H,6-7,14-15H2,1-3H3,(H,25,28)(H,26,29)/t16-/m0/s1. The van der Waals surface area contributed by atoms with Gasteiger partial charge < -0.3 is 10.6 Å². The van der Waals surface area contributed by atoms with Crippen molar-refractivity contribution in [2.24, 2.45) is 5.92 Å². The summed E-state index contributed by atoms with van der Waals surface area (Å²) in [5.74, 6) is -1.75. The molecule has 0 aliphatic carbocycles. The fourth-order valence-corrected chi connectivity index (χ4v) is 5.09. The molecule has 0 saturated carbocycles. The van der Waals surface area contributed by atoms with E-state index in [0.717, 1.165) is 12.1 Å². The molecule has 1 fully saturated rings. The van der Waals surface area contributed by atoms with Gasteiger partial charge in [0.1, 0.15) is 5.82 Å². The molecule has 1 heterocycles. The van der Waals surface area contributed by atoms with Gasteiger partial charge in [-0.2, -0.15) is 4.31 Å². The number of rotatable bonds is 5. The van der Waals surface area contributed by atoms with Gasteiger partial charge in [-0.25, -0.2) is 12.8 Å². The lowest BCUT2D eigenvalue weighted by Gasteiger charge is -2.31. The van der Waals surface area contributed by atoms with Gasteiger partial charge in [0.2, 0.25) is 15.9 Å². The molecule has 0 spiro atoms. The molecule has 2 aromatic rings. The Labute approximate surface area is 188 Å². The normalized spacial score (nSPS) is 17.6. The smallest absolute Gasteiger partial charge is 0.253 e. The topological polar surface area (TPSA) is 95.6 Å². The van der Waals surface area contributed by atoms with Crippen molar-refractivity contribution in [2.75, 3.05) is 18.4 Å². The summed E-state index contributed by atoms with van der Waals surface area (Å²) in [4.78, 5) is 25.6. The minimum Gasteiger partial charge on any atom is -0.347 e. The quantitative estimate of drug-likeness (QED) is 0.714. The molecule has 3 rings (SSSR count). The van der Waals surface area contributed by atoms with Crippen LogP contribution in [0.3, 0.4) is 0 Å². The van der Waals surface area contributed by atoms with E-state index < -0.39 is 27.3 Å². The first-order chi connectivity index (χ1) is 15.0. The van der Waals surface area contributed by atoms with Crippen molar-refractivity contribution in [3.63, 3.8) is 0 Å². The van der Waals surface area contributed by atoms with E-state index in [2.05, 4.69) is 10.6 Å². The number of nitrogens with zero attached hydrogens (tertiary/aromatic N) is 1. The van der Waals surface area contributed by atoms with Crippen molar-refractivity contribution in [1.82, 2.24) is 9.62 Å². The zero-order valence-electron chi connectivity index (χ0n) is 18.4. The molecular formula is C23H28FN3O4S. The van der Waals surface area contributed by atoms with Crippen LogP contribution in [0.25, 0.3) is 0 Å². The van der Waals surface area contributed by atoms with Gasteiger partial charge in [-0.15, -0.1) is 0 Å². The van der Waals surface area contributed by atoms with Crippen molar-refractivity contribution >= 4 is 27.5 Å². The van der Waals surface area contributed by atoms with Crippen molar-refractivity contribution in [2.45, 2.75) is 44.0 Å². The van der Waals surface area contributed by atoms with E-state index in [1.165, 1.54) is 16.4 Å². The molecule has 1 aliphatic heterocycles. The molecule has 0 aromatic heterocycles. The maximum atomic E-state index is 13.2. The van der Waals surface area contributed by atoms with Gasteiger partial charge in [0.15, 0.2) is 0 Å². The third-order valence-electron chi connectivity index (χ3n) is 5.12. The summed E-state index contributed by atoms with van der Waals surface area (Å²) in [6.45, 7) is 5.90. The number of hydrogen-bond donors (Lipinski definition) is 2. The molecule has 32 heavy (non-hydrogen) atoms. The fourth-order valence-electron chi connectivity index (χ4n) is 3.56. The number of amides is 2. The molecule has 0 bridgehead atoms. The average Bonchev–Trinajstić information content (AvgIpc) is 2.73. The van der Waals surface area contributed by atoms with Gasteiger partial charge in [-0.3, -0.25) is 9.59 Å². The third kappa shape index (κ3) is 5.72. The Bertz CT molecular complexity index is 1090. The predicted molar refractivity (Wildman–Crippen MR) is 120 cm³/mol. The molecule has 2 amide bonds. The van der Waals surface area contributed by atoms with E-state index in [1.807, 2.05) is 20.8 Å². The molecule has 0 radical (unpaired) electrons. The van der Waals surface area contributed by atoms with Gasteiger partial charge >= 0.3 is 0 Å². The number of carbonyl (C=O) groups is 2. The van der Waals surface area contributed by atoms with E-state index in [1.54, 1.807) is 24.3 Å². The maximum Gasteiger partial charge on any atom is 0.253 e. The van der Waals surface area contributed by atoms with Crippen LogP contribution < -0.4 is 10.6 Å². The van der Waals surface area contributed by atoms with Crippen LogP contribution in [-0.2, 0) is 14.8 Å². The van der Waals surface area contributed by atoms with Crippen LogP contribution in [-0.4, -0.2) is 43.2 Å². The molecule has 2 N–H and O–H groups in total. The first-order valence-corrected chi connectivity index (χ1v) is 11.9. The van der Waals surface area contributed by atoms with E-state index >= 15 is 0 Å². The Morgan fingerprint density at radius 2 is 1.72 bits per heavy atom. The number of piperidine rings is 1. The largest absolute Gasteiger partial charge is 0.347 e. The van der Waals surface area contributed by atoms with Gasteiger partial charge in [-0.1, -0.05) is 12.1 Å². The second-order valence-corrected chi connectivity index (χ2v) is 10.8. The van der Waals surface area contributed by atoms with Crippen LogP contribution in [0.2, 0.25) is 0 Å². The maximum absolute atomic E-state index is 13.2. The fraction of sp³-hybridized carbons (Fsp3) is 0.391. The summed E-state index contributed by atoms with van der Waals surface area (Å²) < 4.78 is 40.3. The van der Waals surface area contributed by atoms with Crippen LogP contribution in [0.1, 0.15) is 44.0 Å². The second kappa shape index (κ2) is 9.38. The minimum atomic E-state index is -3.84. The van der Waals surface area contributed by atoms with Crippen molar-refractivity contribution < 1.29 is 22.4 Å². The molecule has 1 atom stereocenters. The Kier molecular flexibility index (Phi) is 7.00. The first kappa shape index (κ1) is 23.9. The summed E-state index contributed by atoms with van der Waals surface area (Å²) >= 11 is 0. The first-order valence-electron chi connectivity index (χ1n) is 10.5. The number of sulfonamides is 1. The van der Waals surface area contributed by atoms with Crippen LogP contribution in [0.15, 0.2) is 53.4 Å². The van der Waals surface area contributed by atoms with Gasteiger partial charge in [0.25, 0.3) is 5.91 Å². The molecule has 1 saturated heterocycles. The summed E-state index contributed by atoms with van der Waals surface area (Å²) in [5, 5.41) is 5.67. The van der Waals surface area contributed by atoms with Crippen molar-refractivity contribution in [3.8, 4) is 0 Å². The monoisotopic (exact) mass is 461 g/mol. The molecule has 172 valence electrons. The molecule has 1 aliphatic rings. The highest BCUT2D eigenvalue weighted by atomic mass is 32.2. The predicted octanol–water partition coefficient (Wildman–Crippen LogP) is 3.39. The zero-order chi connectivity index (χ0) is 23.5. The number of anilines is 1. The average molecular weight is 462 g/mol. The number of nitrogens with one attached hydrogen (secondary N) is 2. The highest BCUT2D eigenvalue weighted by Gasteiger charge is 2.33. The van der Waals surface area contributed by atoms with Crippen molar-refractivity contribution in [3.05, 3.63) is 59.9 Å². The molecule has 7 nitrogen and oxygen atoms in total. The number of hydrogen-bond acceptors (Lipinski definition) is 4. The van der Waals surface area contributed by atoms with Crippen LogP contribution in [0.5, 0.6) is 0 Å². The zero-order valence-corrected chi connectivity index (χ0v) is 19.2. The Morgan fingerprint density at radius 3 is 2.38 bits per heavy atom. The summed E-state index contributed by atoms with van der Waals surface area (Å²) in [6, 6.07) is 11.3. The van der Waals surface area contributed by atoms with Gasteiger partial charge in [0, 0.05) is 18.6 Å². The Balaban J connectivity index is 1.74. The molecule has 0 unspecified atom stereocenters. The SMILES string of the molecule is CC(C)(C)NC(=O)c1ccccc1NC(=O)[C@H]1CCCN(S(=O)(=O)c2ccc(F)cc2)C1. The lowest BCUT2D eigenvalue weighted by molar-refractivity contribution is -0.120. The van der Waals surface area contributed by atoms with Gasteiger partial charge in [0.05, 0.1) is 22.1 Å². The Morgan fingerprint density at radius 1 is 1.06 bits per heavy atom. The number of carbonyl (C=O) groups excluding carboxylic acids is 2. The molecule has 2 aromatic carbocycles. The highest BCUT2D eigenvalue weighted by Crippen LogP contribution is 2.26. The van der Waals surface area contributed by atoms with E-state index in [0.29, 0.717) is 24.1 Å². The van der Waals surface area contributed by atoms with Crippen LogP contribution >= 0.6 is 0 Å². The lowest BCUT2D eigenvalue weighted by atomic mass is 9.98. The highest BCUT2D eigenvalue weighted by molar-refractivity contribution is 7.89. The van der Waals surface area contributed by atoms with E-state index in [9.17, 15) is 22.4 Å². The summed E-state index contributed by atoms with van der Waals surface area (Å²) in [7, 11) is -3.84.